The first-order valence-corrected chi connectivity index (χ1v) is 15.8. The maximum atomic E-state index is 2.99. The molecular formula is C35H44Cl2Zr-2. The molecule has 1 aromatic rings. The van der Waals surface area contributed by atoms with Crippen LogP contribution in [-0.4, -0.2) is 3.21 Å². The van der Waals surface area contributed by atoms with E-state index in [1.54, 1.807) is 55.3 Å². The van der Waals surface area contributed by atoms with Crippen LogP contribution < -0.4 is 24.8 Å². The van der Waals surface area contributed by atoms with E-state index in [2.05, 4.69) is 68.8 Å². The first kappa shape index (κ1) is 33.3. The van der Waals surface area contributed by atoms with Crippen LogP contribution in [-0.2, 0) is 30.7 Å². The number of rotatable bonds is 6. The van der Waals surface area contributed by atoms with Gasteiger partial charge in [0.15, 0.2) is 0 Å². The average molecular weight is 627 g/mol. The van der Waals surface area contributed by atoms with Gasteiger partial charge in [0, 0.05) is 0 Å². The third-order valence-corrected chi connectivity index (χ3v) is 9.38. The monoisotopic (exact) mass is 624 g/mol. The van der Waals surface area contributed by atoms with Gasteiger partial charge in [0.25, 0.3) is 0 Å². The molecule has 0 radical (unpaired) electrons. The Morgan fingerprint density at radius 1 is 1.00 bits per heavy atom. The molecule has 6 rings (SSSR count). The Labute approximate surface area is 260 Å². The molecule has 1 saturated carbocycles. The van der Waals surface area contributed by atoms with E-state index >= 15 is 0 Å². The molecule has 2 atom stereocenters. The van der Waals surface area contributed by atoms with Gasteiger partial charge in [-0.15, -0.1) is 12.8 Å². The summed E-state index contributed by atoms with van der Waals surface area (Å²) in [4.78, 5) is 0. The molecule has 5 aliphatic rings. The fourth-order valence-electron chi connectivity index (χ4n) is 6.30. The SMILES string of the molecule is C1=CC2=C3C(=C4[CH-]CCCC4C2CC1)Cc1ccccc13.CCCC[C](=[Zr+2])CCCC.[C-]1=CC=CC1.[Cl-].[Cl-]. The average Bonchev–Trinajstić information content (AvgIpc) is 3.63. The standard InChI is InChI=1S/C21H21.C9H18.C5H5.2ClH.Zr/c1-2-8-15-14(7-1)13-20-18-11-4-3-9-16(18)17-10-5-6-12-19(17)21(15)20;1-3-5-7-9-8-6-4-2;1-2-4-5-3-1;;;/h1-2,6-8,11-12,16-17H,3-5,9-10,13H2;3-8H2,1-2H3;1-3H,4H2;2*1H;/q-1;;-1;;;+2/p-2. The van der Waals surface area contributed by atoms with E-state index in [4.69, 9.17) is 0 Å². The molecule has 0 saturated heterocycles. The van der Waals surface area contributed by atoms with Crippen molar-refractivity contribution in [1.82, 2.24) is 0 Å². The topological polar surface area (TPSA) is 0 Å². The van der Waals surface area contributed by atoms with Crippen molar-refractivity contribution in [2.24, 2.45) is 11.8 Å². The molecule has 0 aromatic heterocycles. The summed E-state index contributed by atoms with van der Waals surface area (Å²) < 4.78 is 1.79. The number of unbranched alkanes of at least 4 members (excludes halogenated alkanes) is 2. The Kier molecular flexibility index (Phi) is 15.6. The third-order valence-electron chi connectivity index (χ3n) is 8.15. The van der Waals surface area contributed by atoms with Crippen LogP contribution in [0.25, 0.3) is 5.57 Å². The summed E-state index contributed by atoms with van der Waals surface area (Å²) in [6.07, 6.45) is 33.6. The molecule has 204 valence electrons. The van der Waals surface area contributed by atoms with Gasteiger partial charge in [-0.05, 0) is 36.7 Å². The quantitative estimate of drug-likeness (QED) is 0.423. The number of allylic oxidation sites excluding steroid dienone is 10. The molecule has 0 heterocycles. The predicted octanol–water partition coefficient (Wildman–Crippen LogP) is 3.68. The maximum Gasteiger partial charge on any atom is -0.109 e. The summed E-state index contributed by atoms with van der Waals surface area (Å²) in [6, 6.07) is 9.07. The van der Waals surface area contributed by atoms with Gasteiger partial charge < -0.3 is 24.8 Å². The minimum absolute atomic E-state index is 0. The summed E-state index contributed by atoms with van der Waals surface area (Å²) in [5, 5.41) is 0. The summed E-state index contributed by atoms with van der Waals surface area (Å²) in [5.74, 6) is 1.60. The van der Waals surface area contributed by atoms with Crippen molar-refractivity contribution < 1.29 is 49.0 Å². The van der Waals surface area contributed by atoms with Crippen LogP contribution in [0.15, 0.2) is 71.4 Å². The molecule has 0 amide bonds. The van der Waals surface area contributed by atoms with Crippen LogP contribution in [0.3, 0.4) is 0 Å². The van der Waals surface area contributed by atoms with Gasteiger partial charge in [0.1, 0.15) is 0 Å². The van der Waals surface area contributed by atoms with E-state index in [0.717, 1.165) is 24.7 Å². The molecule has 1 aromatic carbocycles. The van der Waals surface area contributed by atoms with Crippen molar-refractivity contribution in [3.63, 3.8) is 0 Å². The van der Waals surface area contributed by atoms with Crippen molar-refractivity contribution in [1.29, 1.82) is 0 Å². The Hall–Kier alpha value is -0.877. The first-order valence-electron chi connectivity index (χ1n) is 14.6. The number of hydrogen-bond donors (Lipinski definition) is 0. The summed E-state index contributed by atoms with van der Waals surface area (Å²) in [6.45, 7) is 4.53. The van der Waals surface area contributed by atoms with Crippen LogP contribution in [0.4, 0.5) is 0 Å². The van der Waals surface area contributed by atoms with Gasteiger partial charge in [-0.1, -0.05) is 66.0 Å². The van der Waals surface area contributed by atoms with Gasteiger partial charge >= 0.3 is 79.8 Å². The fraction of sp³-hybridized carbons (Fsp3) is 0.486. The van der Waals surface area contributed by atoms with Gasteiger partial charge in [0.2, 0.25) is 0 Å². The Morgan fingerprint density at radius 2 is 1.76 bits per heavy atom. The second-order valence-corrected chi connectivity index (χ2v) is 12.5. The van der Waals surface area contributed by atoms with E-state index in [0.29, 0.717) is 0 Å². The minimum Gasteiger partial charge on any atom is -1.00 e. The van der Waals surface area contributed by atoms with E-state index in [9.17, 15) is 0 Å². The normalized spacial score (nSPS) is 21.3. The van der Waals surface area contributed by atoms with E-state index < -0.39 is 0 Å². The van der Waals surface area contributed by atoms with Gasteiger partial charge in [-0.25, -0.2) is 24.1 Å². The van der Waals surface area contributed by atoms with Crippen LogP contribution >= 0.6 is 0 Å². The molecule has 0 N–H and O–H groups in total. The van der Waals surface area contributed by atoms with E-state index in [1.165, 1.54) is 76.2 Å². The third kappa shape index (κ3) is 8.56. The van der Waals surface area contributed by atoms with Crippen molar-refractivity contribution >= 4 is 8.78 Å². The van der Waals surface area contributed by atoms with Gasteiger partial charge in [-0.2, -0.15) is 11.6 Å². The molecular weight excluding hydrogens is 583 g/mol. The zero-order valence-electron chi connectivity index (χ0n) is 23.4. The van der Waals surface area contributed by atoms with Gasteiger partial charge in [0.05, 0.1) is 0 Å². The largest absolute Gasteiger partial charge is 1.00 e. The molecule has 2 unspecified atom stereocenters. The van der Waals surface area contributed by atoms with Crippen molar-refractivity contribution in [3.8, 4) is 0 Å². The van der Waals surface area contributed by atoms with Crippen LogP contribution in [0.5, 0.6) is 0 Å². The van der Waals surface area contributed by atoms with Crippen molar-refractivity contribution in [2.45, 2.75) is 97.3 Å². The van der Waals surface area contributed by atoms with Crippen LogP contribution in [0.1, 0.15) is 102 Å². The van der Waals surface area contributed by atoms with E-state index in [-0.39, 0.29) is 24.8 Å². The maximum absolute atomic E-state index is 2.99. The molecule has 0 bridgehead atoms. The molecule has 0 aliphatic heterocycles. The summed E-state index contributed by atoms with van der Waals surface area (Å²) in [5.41, 5.74) is 9.71. The van der Waals surface area contributed by atoms with Crippen molar-refractivity contribution in [2.75, 3.05) is 0 Å². The summed E-state index contributed by atoms with van der Waals surface area (Å²) >= 11 is 1.67. The van der Waals surface area contributed by atoms with Crippen molar-refractivity contribution in [3.05, 3.63) is 95.0 Å². The van der Waals surface area contributed by atoms with Gasteiger partial charge in [-0.3, -0.25) is 6.08 Å². The molecule has 5 aliphatic carbocycles. The van der Waals surface area contributed by atoms with Crippen LogP contribution in [0.2, 0.25) is 0 Å². The van der Waals surface area contributed by atoms with Crippen LogP contribution in [0, 0.1) is 24.3 Å². The second kappa shape index (κ2) is 17.7. The smallest absolute Gasteiger partial charge is 0.109 e. The number of hydrogen-bond acceptors (Lipinski definition) is 0. The molecule has 0 spiro atoms. The van der Waals surface area contributed by atoms with E-state index in [1.807, 2.05) is 12.2 Å². The zero-order valence-corrected chi connectivity index (χ0v) is 27.3. The number of halogens is 2. The predicted molar refractivity (Wildman–Crippen MR) is 153 cm³/mol. The summed E-state index contributed by atoms with van der Waals surface area (Å²) in [7, 11) is 0. The second-order valence-electron chi connectivity index (χ2n) is 10.7. The molecule has 0 nitrogen and oxygen atoms in total. The number of fused-ring (bicyclic) bond motifs is 6. The number of benzene rings is 1. The Morgan fingerprint density at radius 3 is 2.42 bits per heavy atom. The minimum atomic E-state index is 0. The Balaban J connectivity index is 0.000000253. The first-order chi connectivity index (χ1) is 17.7. The molecule has 38 heavy (non-hydrogen) atoms. The Bertz CT molecular complexity index is 1040. The molecule has 3 heteroatoms. The fourth-order valence-corrected chi connectivity index (χ4v) is 7.17. The zero-order chi connectivity index (χ0) is 25.2. The molecule has 1 fully saturated rings.